The number of hydrogen-bond acceptors (Lipinski definition) is 3. The molecule has 0 fully saturated rings. The van der Waals surface area contributed by atoms with Gasteiger partial charge in [-0.25, -0.2) is 4.98 Å². The lowest BCUT2D eigenvalue weighted by Crippen LogP contribution is -2.00. The van der Waals surface area contributed by atoms with Crippen molar-refractivity contribution >= 4 is 46.6 Å². The molecule has 1 N–H and O–H groups in total. The molecule has 1 unspecified atom stereocenters. The summed E-state index contributed by atoms with van der Waals surface area (Å²) >= 11 is 19.0. The SMILES string of the molecule is CC(CCO)Sc1nc(Cl)c(Cl)cc1Cl. The summed E-state index contributed by atoms with van der Waals surface area (Å²) in [6.45, 7) is 2.13. The minimum absolute atomic E-state index is 0.146. The molecule has 84 valence electrons. The molecule has 1 rings (SSSR count). The Bertz CT molecular complexity index is 348. The highest BCUT2D eigenvalue weighted by Gasteiger charge is 2.11. The second-order valence-electron chi connectivity index (χ2n) is 2.99. The molecule has 0 amide bonds. The first kappa shape index (κ1) is 13.4. The van der Waals surface area contributed by atoms with Crippen LogP contribution in [0.3, 0.4) is 0 Å². The summed E-state index contributed by atoms with van der Waals surface area (Å²) < 4.78 is 0. The number of aliphatic hydroxyl groups excluding tert-OH is 1. The number of thioether (sulfide) groups is 1. The van der Waals surface area contributed by atoms with Gasteiger partial charge in [0.15, 0.2) is 0 Å². The molecular formula is C9H10Cl3NOS. The van der Waals surface area contributed by atoms with E-state index in [1.165, 1.54) is 11.8 Å². The average Bonchev–Trinajstić information content (AvgIpc) is 2.14. The highest BCUT2D eigenvalue weighted by molar-refractivity contribution is 7.99. The van der Waals surface area contributed by atoms with Gasteiger partial charge in [0.2, 0.25) is 0 Å². The van der Waals surface area contributed by atoms with Gasteiger partial charge in [-0.15, -0.1) is 11.8 Å². The Morgan fingerprint density at radius 1 is 1.40 bits per heavy atom. The number of halogens is 3. The molecule has 1 aromatic rings. The maximum atomic E-state index is 8.77. The van der Waals surface area contributed by atoms with Crippen LogP contribution in [0.5, 0.6) is 0 Å². The highest BCUT2D eigenvalue weighted by Crippen LogP contribution is 2.34. The zero-order valence-electron chi connectivity index (χ0n) is 8.01. The lowest BCUT2D eigenvalue weighted by molar-refractivity contribution is 0.289. The van der Waals surface area contributed by atoms with Gasteiger partial charge in [-0.1, -0.05) is 41.7 Å². The van der Waals surface area contributed by atoms with Crippen LogP contribution in [0.4, 0.5) is 0 Å². The van der Waals surface area contributed by atoms with Crippen LogP contribution < -0.4 is 0 Å². The molecular weight excluding hydrogens is 277 g/mol. The normalized spacial score (nSPS) is 12.9. The van der Waals surface area contributed by atoms with Crippen molar-refractivity contribution in [3.05, 3.63) is 21.3 Å². The van der Waals surface area contributed by atoms with Crippen LogP contribution in [0.15, 0.2) is 11.1 Å². The van der Waals surface area contributed by atoms with Crippen molar-refractivity contribution in [2.75, 3.05) is 6.61 Å². The van der Waals surface area contributed by atoms with Gasteiger partial charge in [-0.05, 0) is 12.5 Å². The van der Waals surface area contributed by atoms with Crippen LogP contribution in [-0.4, -0.2) is 21.9 Å². The summed E-state index contributed by atoms with van der Waals surface area (Å²) in [4.78, 5) is 4.08. The van der Waals surface area contributed by atoms with Crippen LogP contribution >= 0.6 is 46.6 Å². The number of hydrogen-bond donors (Lipinski definition) is 1. The molecule has 0 radical (unpaired) electrons. The first-order valence-corrected chi connectivity index (χ1v) is 6.35. The van der Waals surface area contributed by atoms with Gasteiger partial charge < -0.3 is 5.11 Å². The fraction of sp³-hybridized carbons (Fsp3) is 0.444. The van der Waals surface area contributed by atoms with Crippen LogP contribution in [0.25, 0.3) is 0 Å². The predicted molar refractivity (Wildman–Crippen MR) is 66.3 cm³/mol. The molecule has 0 aliphatic carbocycles. The second-order valence-corrected chi connectivity index (χ2v) is 5.59. The van der Waals surface area contributed by atoms with E-state index in [9.17, 15) is 0 Å². The van der Waals surface area contributed by atoms with Crippen LogP contribution in [0.1, 0.15) is 13.3 Å². The van der Waals surface area contributed by atoms with Crippen molar-refractivity contribution in [3.8, 4) is 0 Å². The molecule has 0 saturated heterocycles. The molecule has 0 saturated carbocycles. The minimum atomic E-state index is 0.146. The van der Waals surface area contributed by atoms with Gasteiger partial charge in [0.25, 0.3) is 0 Å². The van der Waals surface area contributed by atoms with E-state index in [-0.39, 0.29) is 17.0 Å². The lowest BCUT2D eigenvalue weighted by atomic mass is 10.3. The van der Waals surface area contributed by atoms with Crippen LogP contribution in [0.2, 0.25) is 15.2 Å². The van der Waals surface area contributed by atoms with E-state index in [2.05, 4.69) is 4.98 Å². The molecule has 1 aromatic heterocycles. The quantitative estimate of drug-likeness (QED) is 0.673. The third kappa shape index (κ3) is 4.00. The monoisotopic (exact) mass is 285 g/mol. The van der Waals surface area contributed by atoms with Gasteiger partial charge in [0.05, 0.1) is 10.0 Å². The zero-order chi connectivity index (χ0) is 11.4. The van der Waals surface area contributed by atoms with Gasteiger partial charge in [0, 0.05) is 11.9 Å². The number of aliphatic hydroxyl groups is 1. The first-order chi connectivity index (χ1) is 7.04. The summed E-state index contributed by atoms with van der Waals surface area (Å²) in [5, 5.41) is 10.7. The lowest BCUT2D eigenvalue weighted by Gasteiger charge is -2.10. The summed E-state index contributed by atoms with van der Waals surface area (Å²) in [6.07, 6.45) is 0.683. The number of aromatic nitrogens is 1. The Kier molecular flexibility index (Phi) is 5.50. The van der Waals surface area contributed by atoms with E-state index < -0.39 is 0 Å². The van der Waals surface area contributed by atoms with Crippen LogP contribution in [0, 0.1) is 0 Å². The van der Waals surface area contributed by atoms with Gasteiger partial charge >= 0.3 is 0 Å². The number of rotatable bonds is 4. The van der Waals surface area contributed by atoms with Gasteiger partial charge in [-0.3, -0.25) is 0 Å². The van der Waals surface area contributed by atoms with Crippen molar-refractivity contribution in [2.45, 2.75) is 23.6 Å². The van der Waals surface area contributed by atoms with E-state index in [0.717, 1.165) is 0 Å². The van der Waals surface area contributed by atoms with Crippen molar-refractivity contribution < 1.29 is 5.11 Å². The second kappa shape index (κ2) is 6.16. The fourth-order valence-electron chi connectivity index (χ4n) is 0.942. The van der Waals surface area contributed by atoms with E-state index in [4.69, 9.17) is 39.9 Å². The summed E-state index contributed by atoms with van der Waals surface area (Å²) in [6, 6.07) is 1.58. The Hall–Kier alpha value is 0.330. The molecule has 0 spiro atoms. The molecule has 2 nitrogen and oxygen atoms in total. The van der Waals surface area contributed by atoms with Gasteiger partial charge in [-0.2, -0.15) is 0 Å². The van der Waals surface area contributed by atoms with E-state index >= 15 is 0 Å². The Morgan fingerprint density at radius 2 is 2.07 bits per heavy atom. The van der Waals surface area contributed by atoms with Crippen LogP contribution in [-0.2, 0) is 0 Å². The maximum absolute atomic E-state index is 8.77. The highest BCUT2D eigenvalue weighted by atomic mass is 35.5. The summed E-state index contributed by atoms with van der Waals surface area (Å²) in [5.74, 6) is 0. The molecule has 1 atom stereocenters. The first-order valence-electron chi connectivity index (χ1n) is 4.33. The number of pyridine rings is 1. The maximum Gasteiger partial charge on any atom is 0.149 e. The van der Waals surface area contributed by atoms with E-state index in [1.807, 2.05) is 6.92 Å². The molecule has 0 bridgehead atoms. The molecule has 6 heteroatoms. The zero-order valence-corrected chi connectivity index (χ0v) is 11.1. The third-order valence-electron chi connectivity index (χ3n) is 1.70. The van der Waals surface area contributed by atoms with Crippen molar-refractivity contribution in [1.82, 2.24) is 4.98 Å². The van der Waals surface area contributed by atoms with Crippen molar-refractivity contribution in [3.63, 3.8) is 0 Å². The average molecular weight is 287 g/mol. The minimum Gasteiger partial charge on any atom is -0.396 e. The summed E-state index contributed by atoms with van der Waals surface area (Å²) in [5.41, 5.74) is 0. The van der Waals surface area contributed by atoms with Crippen molar-refractivity contribution in [2.24, 2.45) is 0 Å². The summed E-state index contributed by atoms with van der Waals surface area (Å²) in [7, 11) is 0. The standard InChI is InChI=1S/C9H10Cl3NOS/c1-5(2-3-14)15-9-7(11)4-6(10)8(12)13-9/h4-5,14H,2-3H2,1H3. The largest absolute Gasteiger partial charge is 0.396 e. The molecule has 0 aromatic carbocycles. The fourth-order valence-corrected chi connectivity index (χ4v) is 2.54. The molecule has 0 aliphatic rings. The Labute approximate surface area is 108 Å². The molecule has 15 heavy (non-hydrogen) atoms. The smallest absolute Gasteiger partial charge is 0.149 e. The number of nitrogens with zero attached hydrogens (tertiary/aromatic N) is 1. The Balaban J connectivity index is 2.81. The third-order valence-corrected chi connectivity index (χ3v) is 3.95. The Morgan fingerprint density at radius 3 is 2.67 bits per heavy atom. The van der Waals surface area contributed by atoms with E-state index in [0.29, 0.717) is 21.5 Å². The topological polar surface area (TPSA) is 33.1 Å². The molecule has 0 aliphatic heterocycles. The predicted octanol–water partition coefficient (Wildman–Crippen LogP) is 3.90. The van der Waals surface area contributed by atoms with Crippen molar-refractivity contribution in [1.29, 1.82) is 0 Å². The van der Waals surface area contributed by atoms with Gasteiger partial charge in [0.1, 0.15) is 10.2 Å². The van der Waals surface area contributed by atoms with E-state index in [1.54, 1.807) is 6.07 Å². The molecule has 1 heterocycles.